The van der Waals surface area contributed by atoms with Crippen LogP contribution in [-0.4, -0.2) is 31.1 Å². The van der Waals surface area contributed by atoms with Crippen LogP contribution in [0, 0.1) is 5.82 Å². The van der Waals surface area contributed by atoms with Gasteiger partial charge in [0.15, 0.2) is 0 Å². The minimum absolute atomic E-state index is 0.0341. The van der Waals surface area contributed by atoms with Crippen LogP contribution < -0.4 is 16.0 Å². The Kier molecular flexibility index (Phi) is 4.37. The number of hydrogen-bond acceptors (Lipinski definition) is 3. The zero-order chi connectivity index (χ0) is 13.8. The van der Waals surface area contributed by atoms with Crippen molar-refractivity contribution in [3.63, 3.8) is 0 Å². The average molecular weight is 265 g/mol. The third-order valence-electron chi connectivity index (χ3n) is 3.37. The fourth-order valence-electron chi connectivity index (χ4n) is 2.35. The molecule has 1 aliphatic rings. The number of nitrogens with two attached hydrogens (primary N) is 1. The maximum absolute atomic E-state index is 13.7. The van der Waals surface area contributed by atoms with Gasteiger partial charge in [0.25, 0.3) is 0 Å². The number of piperidine rings is 1. The number of carbonyl (C=O) groups excluding carboxylic acids is 1. The van der Waals surface area contributed by atoms with E-state index in [0.717, 1.165) is 19.4 Å². The Morgan fingerprint density at radius 1 is 1.53 bits per heavy atom. The second-order valence-corrected chi connectivity index (χ2v) is 5.03. The number of nitrogens with zero attached hydrogens (tertiary/aromatic N) is 1. The number of para-hydroxylation sites is 1. The van der Waals surface area contributed by atoms with Crippen LogP contribution in [0.5, 0.6) is 0 Å². The van der Waals surface area contributed by atoms with Crippen molar-refractivity contribution >= 4 is 11.6 Å². The second kappa shape index (κ2) is 6.02. The molecular weight excluding hydrogens is 245 g/mol. The lowest BCUT2D eigenvalue weighted by molar-refractivity contribution is -0.122. The largest absolute Gasteiger partial charge is 0.367 e. The van der Waals surface area contributed by atoms with Gasteiger partial charge in [-0.1, -0.05) is 12.1 Å². The van der Waals surface area contributed by atoms with E-state index < -0.39 is 6.04 Å². The minimum atomic E-state index is -0.510. The predicted molar refractivity (Wildman–Crippen MR) is 73.4 cm³/mol. The highest BCUT2D eigenvalue weighted by molar-refractivity contribution is 5.81. The van der Waals surface area contributed by atoms with Gasteiger partial charge in [-0.05, 0) is 31.9 Å². The first-order valence-corrected chi connectivity index (χ1v) is 6.63. The van der Waals surface area contributed by atoms with Gasteiger partial charge in [0.05, 0.1) is 11.7 Å². The van der Waals surface area contributed by atoms with Crippen LogP contribution in [0.1, 0.15) is 19.8 Å². The third kappa shape index (κ3) is 3.44. The summed E-state index contributed by atoms with van der Waals surface area (Å²) < 4.78 is 13.7. The lowest BCUT2D eigenvalue weighted by Crippen LogP contribution is -2.51. The zero-order valence-electron chi connectivity index (χ0n) is 11.1. The Hall–Kier alpha value is -1.62. The van der Waals surface area contributed by atoms with Crippen molar-refractivity contribution in [2.75, 3.05) is 18.0 Å². The third-order valence-corrected chi connectivity index (χ3v) is 3.37. The van der Waals surface area contributed by atoms with Crippen molar-refractivity contribution in [2.24, 2.45) is 5.73 Å². The lowest BCUT2D eigenvalue weighted by Gasteiger charge is -2.35. The lowest BCUT2D eigenvalue weighted by atomic mass is 10.0. The van der Waals surface area contributed by atoms with Crippen LogP contribution in [0.25, 0.3) is 0 Å². The summed E-state index contributed by atoms with van der Waals surface area (Å²) in [4.78, 5) is 13.6. The van der Waals surface area contributed by atoms with Gasteiger partial charge in [0.2, 0.25) is 5.91 Å². The van der Waals surface area contributed by atoms with Gasteiger partial charge in [0.1, 0.15) is 5.82 Å². The first-order chi connectivity index (χ1) is 9.08. The molecule has 1 aliphatic heterocycles. The van der Waals surface area contributed by atoms with E-state index in [0.29, 0.717) is 12.2 Å². The molecule has 0 saturated carbocycles. The van der Waals surface area contributed by atoms with Crippen molar-refractivity contribution in [3.8, 4) is 0 Å². The molecule has 1 saturated heterocycles. The smallest absolute Gasteiger partial charge is 0.236 e. The molecule has 1 unspecified atom stereocenters. The van der Waals surface area contributed by atoms with E-state index in [2.05, 4.69) is 5.32 Å². The van der Waals surface area contributed by atoms with E-state index >= 15 is 0 Å². The van der Waals surface area contributed by atoms with Gasteiger partial charge in [-0.25, -0.2) is 4.39 Å². The maximum Gasteiger partial charge on any atom is 0.236 e. The SMILES string of the molecule is C[C@@H](N)C(=O)NC1CCCN(c2ccccc2F)C1. The molecular formula is C14H20FN3O. The molecule has 2 rings (SSSR count). The molecule has 0 spiro atoms. The summed E-state index contributed by atoms with van der Waals surface area (Å²) in [5.74, 6) is -0.373. The van der Waals surface area contributed by atoms with E-state index in [1.807, 2.05) is 11.0 Å². The minimum Gasteiger partial charge on any atom is -0.367 e. The van der Waals surface area contributed by atoms with E-state index in [-0.39, 0.29) is 17.8 Å². The quantitative estimate of drug-likeness (QED) is 0.865. The number of anilines is 1. The maximum atomic E-state index is 13.7. The molecule has 1 fully saturated rings. The Morgan fingerprint density at radius 3 is 2.95 bits per heavy atom. The Labute approximate surface area is 112 Å². The van der Waals surface area contributed by atoms with E-state index in [1.165, 1.54) is 6.07 Å². The summed E-state index contributed by atoms with van der Waals surface area (Å²) in [5.41, 5.74) is 6.14. The Balaban J connectivity index is 2.01. The number of carbonyl (C=O) groups is 1. The fraction of sp³-hybridized carbons (Fsp3) is 0.500. The number of rotatable bonds is 3. The number of hydrogen-bond donors (Lipinski definition) is 2. The number of nitrogens with one attached hydrogen (secondary N) is 1. The highest BCUT2D eigenvalue weighted by Gasteiger charge is 2.23. The summed E-state index contributed by atoms with van der Waals surface area (Å²) in [5, 5.41) is 2.91. The zero-order valence-corrected chi connectivity index (χ0v) is 11.1. The monoisotopic (exact) mass is 265 g/mol. The molecule has 0 radical (unpaired) electrons. The molecule has 2 atom stereocenters. The van der Waals surface area contributed by atoms with Gasteiger partial charge in [-0.3, -0.25) is 4.79 Å². The van der Waals surface area contributed by atoms with Crippen LogP contribution >= 0.6 is 0 Å². The molecule has 0 aromatic heterocycles. The molecule has 0 aliphatic carbocycles. The van der Waals surface area contributed by atoms with E-state index in [9.17, 15) is 9.18 Å². The molecule has 1 aromatic carbocycles. The highest BCUT2D eigenvalue weighted by Crippen LogP contribution is 2.22. The van der Waals surface area contributed by atoms with Crippen LogP contribution in [0.15, 0.2) is 24.3 Å². The van der Waals surface area contributed by atoms with Gasteiger partial charge >= 0.3 is 0 Å². The molecule has 1 aromatic rings. The molecule has 104 valence electrons. The Bertz CT molecular complexity index is 450. The molecule has 4 nitrogen and oxygen atoms in total. The van der Waals surface area contributed by atoms with Gasteiger partial charge < -0.3 is 16.0 Å². The molecule has 1 amide bonds. The van der Waals surface area contributed by atoms with Crippen LogP contribution in [0.3, 0.4) is 0 Å². The fourth-order valence-corrected chi connectivity index (χ4v) is 2.35. The molecule has 19 heavy (non-hydrogen) atoms. The number of amides is 1. The molecule has 1 heterocycles. The predicted octanol–water partition coefficient (Wildman–Crippen LogP) is 1.26. The topological polar surface area (TPSA) is 58.4 Å². The summed E-state index contributed by atoms with van der Waals surface area (Å²) in [6.07, 6.45) is 1.83. The van der Waals surface area contributed by atoms with Crippen LogP contribution in [0.4, 0.5) is 10.1 Å². The highest BCUT2D eigenvalue weighted by atomic mass is 19.1. The van der Waals surface area contributed by atoms with Gasteiger partial charge in [-0.2, -0.15) is 0 Å². The van der Waals surface area contributed by atoms with E-state index in [4.69, 9.17) is 5.73 Å². The summed E-state index contributed by atoms with van der Waals surface area (Å²) in [7, 11) is 0. The summed E-state index contributed by atoms with van der Waals surface area (Å²) in [6, 6.07) is 6.25. The van der Waals surface area contributed by atoms with Gasteiger partial charge in [-0.15, -0.1) is 0 Å². The van der Waals surface area contributed by atoms with Crippen molar-refractivity contribution in [1.82, 2.24) is 5.32 Å². The molecule has 0 bridgehead atoms. The Morgan fingerprint density at radius 2 is 2.26 bits per heavy atom. The number of benzene rings is 1. The standard InChI is InChI=1S/C14H20FN3O/c1-10(16)14(19)17-11-5-4-8-18(9-11)13-7-3-2-6-12(13)15/h2-3,6-7,10-11H,4-5,8-9,16H2,1H3,(H,17,19)/t10-,11?/m1/s1. The van der Waals surface area contributed by atoms with E-state index in [1.54, 1.807) is 19.1 Å². The first kappa shape index (κ1) is 13.8. The number of halogens is 1. The molecule has 3 N–H and O–H groups in total. The summed E-state index contributed by atoms with van der Waals surface area (Å²) in [6.45, 7) is 3.09. The first-order valence-electron chi connectivity index (χ1n) is 6.63. The van der Waals surface area contributed by atoms with Crippen molar-refractivity contribution < 1.29 is 9.18 Å². The second-order valence-electron chi connectivity index (χ2n) is 5.03. The average Bonchev–Trinajstić information content (AvgIpc) is 2.39. The van der Waals surface area contributed by atoms with Crippen LogP contribution in [0.2, 0.25) is 0 Å². The van der Waals surface area contributed by atoms with Crippen molar-refractivity contribution in [3.05, 3.63) is 30.1 Å². The van der Waals surface area contributed by atoms with Crippen molar-refractivity contribution in [2.45, 2.75) is 31.8 Å². The molecule has 5 heteroatoms. The van der Waals surface area contributed by atoms with Crippen molar-refractivity contribution in [1.29, 1.82) is 0 Å². The normalized spacial score (nSPS) is 21.0. The van der Waals surface area contributed by atoms with Gasteiger partial charge in [0, 0.05) is 19.1 Å². The van der Waals surface area contributed by atoms with Crippen LogP contribution in [-0.2, 0) is 4.79 Å². The summed E-state index contributed by atoms with van der Waals surface area (Å²) >= 11 is 0.